The molecule has 0 atom stereocenters. The maximum Gasteiger partial charge on any atom is 0.274 e. The number of ether oxygens (including phenoxy) is 1. The first-order valence-corrected chi connectivity index (χ1v) is 9.49. The second kappa shape index (κ2) is 8.00. The molecule has 0 spiro atoms. The first-order chi connectivity index (χ1) is 12.8. The van der Waals surface area contributed by atoms with Crippen molar-refractivity contribution in [3.05, 3.63) is 50.8 Å². The van der Waals surface area contributed by atoms with Gasteiger partial charge in [0, 0.05) is 47.7 Å². The number of carbonyl (C=O) groups excluding carboxylic acids is 2. The first-order valence-electron chi connectivity index (χ1n) is 8.32. The number of hydrogen-bond donors (Lipinski definition) is 1. The van der Waals surface area contributed by atoms with Crippen LogP contribution in [0.1, 0.15) is 33.5 Å². The van der Waals surface area contributed by atoms with Gasteiger partial charge in [-0.05, 0) is 25.1 Å². The lowest BCUT2D eigenvalue weighted by molar-refractivity contribution is 0.0329. The second-order valence-electron chi connectivity index (χ2n) is 6.76. The van der Waals surface area contributed by atoms with E-state index in [2.05, 4.69) is 26.4 Å². The molecule has 1 aromatic heterocycles. The lowest BCUT2D eigenvalue weighted by atomic mass is 9.91. The minimum Gasteiger partial charge on any atom is -0.384 e. The molecule has 1 aliphatic rings. The number of likely N-dealkylation sites (tertiary alicyclic amines) is 1. The smallest absolute Gasteiger partial charge is 0.274 e. The molecule has 9 heteroatoms. The standard InChI is InChI=1S/C18H19BrClN3O4/c1-18(21-16(24)15-8-14(27-22-15)3-4-26-2)9-23(10-18)17(25)11-5-12(19)7-13(20)6-11/h5-8H,3-4,9-10H2,1-2H3,(H,21,24). The van der Waals surface area contributed by atoms with Crippen LogP contribution in [0.3, 0.4) is 0 Å². The molecule has 7 nitrogen and oxygen atoms in total. The van der Waals surface area contributed by atoms with E-state index in [1.54, 1.807) is 36.3 Å². The lowest BCUT2D eigenvalue weighted by Gasteiger charge is -2.48. The fourth-order valence-electron chi connectivity index (χ4n) is 2.96. The Bertz CT molecular complexity index is 844. The number of carbonyl (C=O) groups is 2. The molecule has 1 aromatic carbocycles. The first kappa shape index (κ1) is 19.9. The van der Waals surface area contributed by atoms with E-state index in [0.29, 0.717) is 42.5 Å². The molecular formula is C18H19BrClN3O4. The number of rotatable bonds is 6. The molecule has 1 saturated heterocycles. The van der Waals surface area contributed by atoms with Crippen LogP contribution in [0.2, 0.25) is 5.02 Å². The van der Waals surface area contributed by atoms with Crippen molar-refractivity contribution in [1.29, 1.82) is 0 Å². The third kappa shape index (κ3) is 4.69. The third-order valence-electron chi connectivity index (χ3n) is 4.24. The minimum atomic E-state index is -0.520. The van der Waals surface area contributed by atoms with Gasteiger partial charge in [-0.1, -0.05) is 32.7 Å². The molecular weight excluding hydrogens is 438 g/mol. The number of hydrogen-bond acceptors (Lipinski definition) is 5. The van der Waals surface area contributed by atoms with Gasteiger partial charge in [-0.3, -0.25) is 9.59 Å². The van der Waals surface area contributed by atoms with Crippen LogP contribution in [0.25, 0.3) is 0 Å². The summed E-state index contributed by atoms with van der Waals surface area (Å²) in [5.74, 6) is 0.125. The molecule has 0 bridgehead atoms. The summed E-state index contributed by atoms with van der Waals surface area (Å²) in [7, 11) is 1.59. The van der Waals surface area contributed by atoms with Crippen molar-refractivity contribution in [3.8, 4) is 0 Å². The van der Waals surface area contributed by atoms with Crippen molar-refractivity contribution in [2.24, 2.45) is 0 Å². The van der Waals surface area contributed by atoms with Crippen LogP contribution in [0.4, 0.5) is 0 Å². The molecule has 0 saturated carbocycles. The van der Waals surface area contributed by atoms with E-state index in [1.165, 1.54) is 0 Å². The molecule has 2 amide bonds. The van der Waals surface area contributed by atoms with Crippen LogP contribution in [-0.2, 0) is 11.2 Å². The SMILES string of the molecule is COCCc1cc(C(=O)NC2(C)CN(C(=O)c3cc(Cl)cc(Br)c3)C2)no1. The maximum absolute atomic E-state index is 12.6. The summed E-state index contributed by atoms with van der Waals surface area (Å²) < 4.78 is 10.8. The number of methoxy groups -OCH3 is 1. The number of halogens is 2. The number of benzene rings is 1. The maximum atomic E-state index is 12.6. The van der Waals surface area contributed by atoms with Gasteiger partial charge >= 0.3 is 0 Å². The highest BCUT2D eigenvalue weighted by molar-refractivity contribution is 9.10. The number of amides is 2. The van der Waals surface area contributed by atoms with Gasteiger partial charge in [0.25, 0.3) is 11.8 Å². The van der Waals surface area contributed by atoms with Crippen molar-refractivity contribution in [2.75, 3.05) is 26.8 Å². The molecule has 144 valence electrons. The Labute approximate surface area is 170 Å². The molecule has 0 aliphatic carbocycles. The van der Waals surface area contributed by atoms with Crippen LogP contribution in [0, 0.1) is 0 Å². The molecule has 1 N–H and O–H groups in total. The molecule has 1 aliphatic heterocycles. The van der Waals surface area contributed by atoms with Gasteiger partial charge in [-0.15, -0.1) is 0 Å². The highest BCUT2D eigenvalue weighted by Crippen LogP contribution is 2.26. The van der Waals surface area contributed by atoms with Crippen LogP contribution < -0.4 is 5.32 Å². The molecule has 1 fully saturated rings. The molecule has 3 rings (SSSR count). The van der Waals surface area contributed by atoms with Crippen LogP contribution >= 0.6 is 27.5 Å². The number of nitrogens with one attached hydrogen (secondary N) is 1. The topological polar surface area (TPSA) is 84.7 Å². The Hall–Kier alpha value is -1.90. The van der Waals surface area contributed by atoms with E-state index in [4.69, 9.17) is 20.9 Å². The Kier molecular flexibility index (Phi) is 5.88. The fourth-order valence-corrected chi connectivity index (χ4v) is 3.82. The summed E-state index contributed by atoms with van der Waals surface area (Å²) in [5, 5.41) is 7.19. The average molecular weight is 457 g/mol. The van der Waals surface area contributed by atoms with E-state index in [0.717, 1.165) is 4.47 Å². The fraction of sp³-hybridized carbons (Fsp3) is 0.389. The predicted molar refractivity (Wildman–Crippen MR) is 103 cm³/mol. The average Bonchev–Trinajstić information content (AvgIpc) is 3.05. The Morgan fingerprint density at radius 3 is 2.78 bits per heavy atom. The van der Waals surface area contributed by atoms with Crippen molar-refractivity contribution >= 4 is 39.3 Å². The Morgan fingerprint density at radius 1 is 1.37 bits per heavy atom. The summed E-state index contributed by atoms with van der Waals surface area (Å²) in [4.78, 5) is 26.6. The molecule has 27 heavy (non-hydrogen) atoms. The van der Waals surface area contributed by atoms with E-state index in [-0.39, 0.29) is 17.5 Å². The zero-order valence-corrected chi connectivity index (χ0v) is 17.3. The molecule has 0 radical (unpaired) electrons. The quantitative estimate of drug-likeness (QED) is 0.722. The van der Waals surface area contributed by atoms with Gasteiger partial charge in [0.15, 0.2) is 5.69 Å². The van der Waals surface area contributed by atoms with Crippen molar-refractivity contribution in [2.45, 2.75) is 18.9 Å². The predicted octanol–water partition coefficient (Wildman–Crippen LogP) is 2.92. The summed E-state index contributed by atoms with van der Waals surface area (Å²) >= 11 is 9.34. The van der Waals surface area contributed by atoms with Gasteiger partial charge in [-0.25, -0.2) is 0 Å². The third-order valence-corrected chi connectivity index (χ3v) is 4.91. The van der Waals surface area contributed by atoms with Gasteiger partial charge in [-0.2, -0.15) is 0 Å². The van der Waals surface area contributed by atoms with Crippen molar-refractivity contribution < 1.29 is 18.8 Å². The van der Waals surface area contributed by atoms with E-state index in [1.807, 2.05) is 6.92 Å². The highest BCUT2D eigenvalue weighted by Gasteiger charge is 2.43. The van der Waals surface area contributed by atoms with Gasteiger partial charge < -0.3 is 19.5 Å². The van der Waals surface area contributed by atoms with Crippen LogP contribution in [-0.4, -0.2) is 54.2 Å². The molecule has 2 aromatic rings. The lowest BCUT2D eigenvalue weighted by Crippen LogP contribution is -2.69. The zero-order valence-electron chi connectivity index (χ0n) is 14.9. The minimum absolute atomic E-state index is 0.131. The second-order valence-corrected chi connectivity index (χ2v) is 8.11. The summed E-state index contributed by atoms with van der Waals surface area (Å²) in [6, 6.07) is 6.67. The van der Waals surface area contributed by atoms with E-state index in [9.17, 15) is 9.59 Å². The van der Waals surface area contributed by atoms with Crippen molar-refractivity contribution in [3.63, 3.8) is 0 Å². The van der Waals surface area contributed by atoms with Crippen molar-refractivity contribution in [1.82, 2.24) is 15.4 Å². The number of nitrogens with zero attached hydrogens (tertiary/aromatic N) is 2. The zero-order chi connectivity index (χ0) is 19.6. The van der Waals surface area contributed by atoms with Gasteiger partial charge in [0.2, 0.25) is 0 Å². The summed E-state index contributed by atoms with van der Waals surface area (Å²) in [6.07, 6.45) is 0.547. The van der Waals surface area contributed by atoms with Gasteiger partial charge in [0.05, 0.1) is 12.1 Å². The Balaban J connectivity index is 1.57. The normalized spacial score (nSPS) is 15.3. The summed E-state index contributed by atoms with van der Waals surface area (Å²) in [5.41, 5.74) is 0.196. The molecule has 2 heterocycles. The number of aromatic nitrogens is 1. The summed E-state index contributed by atoms with van der Waals surface area (Å²) in [6.45, 7) is 3.17. The Morgan fingerprint density at radius 2 is 2.11 bits per heavy atom. The monoisotopic (exact) mass is 455 g/mol. The largest absolute Gasteiger partial charge is 0.384 e. The van der Waals surface area contributed by atoms with Gasteiger partial charge in [0.1, 0.15) is 5.76 Å². The van der Waals surface area contributed by atoms with Crippen LogP contribution in [0.5, 0.6) is 0 Å². The van der Waals surface area contributed by atoms with E-state index >= 15 is 0 Å². The molecule has 0 unspecified atom stereocenters. The highest BCUT2D eigenvalue weighted by atomic mass is 79.9. The van der Waals surface area contributed by atoms with E-state index < -0.39 is 5.54 Å². The van der Waals surface area contributed by atoms with Crippen LogP contribution in [0.15, 0.2) is 33.3 Å².